The monoisotopic (exact) mass is 293 g/mol. The highest BCUT2D eigenvalue weighted by Crippen LogP contribution is 2.38. The van der Waals surface area contributed by atoms with Crippen LogP contribution >= 0.6 is 0 Å². The molecule has 0 spiro atoms. The number of aryl methyl sites for hydroxylation is 1. The normalized spacial score (nSPS) is 20.1. The number of carbonyl (C=O) groups is 2. The lowest BCUT2D eigenvalue weighted by Gasteiger charge is -2.11. The van der Waals surface area contributed by atoms with Crippen molar-refractivity contribution in [3.8, 4) is 0 Å². The van der Waals surface area contributed by atoms with Crippen molar-refractivity contribution >= 4 is 11.9 Å². The number of nitrogens with one attached hydrogen (secondary N) is 2. The second-order valence-electron chi connectivity index (χ2n) is 5.17. The topological polar surface area (TPSA) is 112 Å². The first-order chi connectivity index (χ1) is 9.99. The van der Waals surface area contributed by atoms with Gasteiger partial charge in [0.1, 0.15) is 0 Å². The molecule has 1 aromatic rings. The zero-order valence-electron chi connectivity index (χ0n) is 12.1. The van der Waals surface area contributed by atoms with Gasteiger partial charge in [0, 0.05) is 12.1 Å². The molecule has 1 amide bonds. The third kappa shape index (κ3) is 3.12. The van der Waals surface area contributed by atoms with E-state index in [0.717, 1.165) is 11.3 Å². The van der Waals surface area contributed by atoms with E-state index < -0.39 is 17.8 Å². The Morgan fingerprint density at radius 2 is 2.00 bits per heavy atom. The maximum atomic E-state index is 11.9. The highest BCUT2D eigenvalue weighted by atomic mass is 16.4. The Morgan fingerprint density at radius 1 is 1.29 bits per heavy atom. The van der Waals surface area contributed by atoms with Crippen LogP contribution in [0.4, 0.5) is 0 Å². The number of carbonyl (C=O) groups excluding carboxylic acids is 1. The van der Waals surface area contributed by atoms with Gasteiger partial charge in [-0.05, 0) is 24.8 Å². The molecule has 1 aliphatic carbocycles. The van der Waals surface area contributed by atoms with E-state index in [0.29, 0.717) is 24.8 Å². The van der Waals surface area contributed by atoms with E-state index in [9.17, 15) is 14.4 Å². The molecule has 3 N–H and O–H groups in total. The summed E-state index contributed by atoms with van der Waals surface area (Å²) in [5, 5.41) is 17.9. The van der Waals surface area contributed by atoms with Crippen LogP contribution in [0.5, 0.6) is 0 Å². The molecule has 2 rings (SSSR count). The van der Waals surface area contributed by atoms with Gasteiger partial charge in [-0.25, -0.2) is 5.10 Å². The lowest BCUT2D eigenvalue weighted by Crippen LogP contribution is -2.31. The van der Waals surface area contributed by atoms with Gasteiger partial charge in [0.25, 0.3) is 5.56 Å². The highest BCUT2D eigenvalue weighted by Gasteiger charge is 2.48. The average molecular weight is 293 g/mol. The molecule has 1 aliphatic rings. The SMILES string of the molecule is CCc1n[nH]c(=O)c(CNC(=O)C2CC2C(=O)O)c1CC. The van der Waals surface area contributed by atoms with Crippen molar-refractivity contribution in [1.29, 1.82) is 0 Å². The first kappa shape index (κ1) is 15.2. The minimum Gasteiger partial charge on any atom is -0.481 e. The van der Waals surface area contributed by atoms with Gasteiger partial charge in [-0.3, -0.25) is 14.4 Å². The van der Waals surface area contributed by atoms with Gasteiger partial charge in [-0.1, -0.05) is 13.8 Å². The summed E-state index contributed by atoms with van der Waals surface area (Å²) in [6.45, 7) is 3.99. The molecule has 2 atom stereocenters. The molecule has 1 fully saturated rings. The molecular formula is C14H19N3O4. The molecule has 7 nitrogen and oxygen atoms in total. The maximum Gasteiger partial charge on any atom is 0.307 e. The van der Waals surface area contributed by atoms with Crippen LogP contribution < -0.4 is 10.9 Å². The molecule has 114 valence electrons. The predicted octanol–water partition coefficient (Wildman–Crippen LogP) is 0.232. The number of hydrogen-bond donors (Lipinski definition) is 3. The number of carboxylic acids is 1. The van der Waals surface area contributed by atoms with Gasteiger partial charge >= 0.3 is 5.97 Å². The lowest BCUT2D eigenvalue weighted by atomic mass is 10.0. The molecule has 7 heteroatoms. The van der Waals surface area contributed by atoms with Gasteiger partial charge in [-0.15, -0.1) is 0 Å². The van der Waals surface area contributed by atoms with Crippen molar-refractivity contribution in [2.75, 3.05) is 0 Å². The number of hydrogen-bond acceptors (Lipinski definition) is 4. The Hall–Kier alpha value is -2.18. The van der Waals surface area contributed by atoms with Gasteiger partial charge in [-0.2, -0.15) is 5.10 Å². The Balaban J connectivity index is 2.08. The van der Waals surface area contributed by atoms with Gasteiger partial charge in [0.15, 0.2) is 0 Å². The molecule has 1 saturated carbocycles. The highest BCUT2D eigenvalue weighted by molar-refractivity contribution is 5.89. The van der Waals surface area contributed by atoms with Gasteiger partial charge in [0.05, 0.1) is 17.5 Å². The Kier molecular flexibility index (Phi) is 4.40. The number of rotatable bonds is 6. The first-order valence-electron chi connectivity index (χ1n) is 7.09. The molecule has 0 aliphatic heterocycles. The number of aromatic amines is 1. The number of amides is 1. The number of aromatic nitrogens is 2. The van der Waals surface area contributed by atoms with E-state index in [1.165, 1.54) is 0 Å². The standard InChI is InChI=1S/C14H19N3O4/c1-3-7-10(13(19)17-16-11(7)4-2)6-15-12(18)8-5-9(8)14(20)21/h8-9H,3-6H2,1-2H3,(H,15,18)(H,17,19)(H,20,21). The number of H-pyrrole nitrogens is 1. The minimum atomic E-state index is -0.945. The summed E-state index contributed by atoms with van der Waals surface area (Å²) >= 11 is 0. The van der Waals surface area contributed by atoms with Crippen LogP contribution in [0.3, 0.4) is 0 Å². The summed E-state index contributed by atoms with van der Waals surface area (Å²) in [5.41, 5.74) is 1.86. The van der Waals surface area contributed by atoms with Crippen LogP contribution in [0.2, 0.25) is 0 Å². The molecule has 0 aromatic carbocycles. The summed E-state index contributed by atoms with van der Waals surface area (Å²) in [7, 11) is 0. The van der Waals surface area contributed by atoms with Gasteiger partial charge in [0.2, 0.25) is 5.91 Å². The summed E-state index contributed by atoms with van der Waals surface area (Å²) in [4.78, 5) is 34.5. The summed E-state index contributed by atoms with van der Waals surface area (Å²) in [6.07, 6.45) is 1.73. The Morgan fingerprint density at radius 3 is 2.52 bits per heavy atom. The van der Waals surface area contributed by atoms with Crippen LogP contribution in [-0.4, -0.2) is 27.2 Å². The van der Waals surface area contributed by atoms with E-state index in [-0.39, 0.29) is 18.0 Å². The molecule has 21 heavy (non-hydrogen) atoms. The van der Waals surface area contributed by atoms with Crippen LogP contribution in [-0.2, 0) is 29.0 Å². The molecule has 0 radical (unpaired) electrons. The van der Waals surface area contributed by atoms with E-state index in [1.54, 1.807) is 0 Å². The zero-order chi connectivity index (χ0) is 15.6. The van der Waals surface area contributed by atoms with Crippen LogP contribution in [0, 0.1) is 11.8 Å². The fourth-order valence-electron chi connectivity index (χ4n) is 2.53. The zero-order valence-corrected chi connectivity index (χ0v) is 12.1. The molecule has 1 heterocycles. The number of aliphatic carboxylic acids is 1. The molecule has 2 unspecified atom stereocenters. The smallest absolute Gasteiger partial charge is 0.307 e. The van der Waals surface area contributed by atoms with Gasteiger partial charge < -0.3 is 10.4 Å². The number of nitrogens with zero attached hydrogens (tertiary/aromatic N) is 1. The van der Waals surface area contributed by atoms with E-state index in [4.69, 9.17) is 5.11 Å². The van der Waals surface area contributed by atoms with E-state index >= 15 is 0 Å². The largest absolute Gasteiger partial charge is 0.481 e. The quantitative estimate of drug-likeness (QED) is 0.695. The third-order valence-corrected chi connectivity index (χ3v) is 3.85. The van der Waals surface area contributed by atoms with Crippen LogP contribution in [0.1, 0.15) is 37.1 Å². The van der Waals surface area contributed by atoms with Crippen molar-refractivity contribution < 1.29 is 14.7 Å². The van der Waals surface area contributed by atoms with Crippen molar-refractivity contribution in [3.63, 3.8) is 0 Å². The molecule has 1 aromatic heterocycles. The first-order valence-corrected chi connectivity index (χ1v) is 7.09. The van der Waals surface area contributed by atoms with Crippen LogP contribution in [0.15, 0.2) is 4.79 Å². The molecule has 0 saturated heterocycles. The van der Waals surface area contributed by atoms with Crippen molar-refractivity contribution in [2.45, 2.75) is 39.7 Å². The lowest BCUT2D eigenvalue weighted by molar-refractivity contribution is -0.140. The Bertz CT molecular complexity index is 623. The maximum absolute atomic E-state index is 11.9. The summed E-state index contributed by atoms with van der Waals surface area (Å²) in [6, 6.07) is 0. The van der Waals surface area contributed by atoms with E-state index in [2.05, 4.69) is 15.5 Å². The predicted molar refractivity (Wildman–Crippen MR) is 74.7 cm³/mol. The minimum absolute atomic E-state index is 0.107. The van der Waals surface area contributed by atoms with Crippen molar-refractivity contribution in [2.24, 2.45) is 11.8 Å². The molecular weight excluding hydrogens is 274 g/mol. The fourth-order valence-corrected chi connectivity index (χ4v) is 2.53. The second kappa shape index (κ2) is 6.07. The second-order valence-corrected chi connectivity index (χ2v) is 5.17. The van der Waals surface area contributed by atoms with E-state index in [1.807, 2.05) is 13.8 Å². The van der Waals surface area contributed by atoms with Crippen molar-refractivity contribution in [1.82, 2.24) is 15.5 Å². The third-order valence-electron chi connectivity index (χ3n) is 3.85. The summed E-state index contributed by atoms with van der Waals surface area (Å²) < 4.78 is 0. The number of carboxylic acid groups (broad SMARTS) is 1. The van der Waals surface area contributed by atoms with Crippen LogP contribution in [0.25, 0.3) is 0 Å². The van der Waals surface area contributed by atoms with Crippen molar-refractivity contribution in [3.05, 3.63) is 27.2 Å². The molecule has 0 bridgehead atoms. The Labute approximate surface area is 121 Å². The fraction of sp³-hybridized carbons (Fsp3) is 0.571. The summed E-state index contributed by atoms with van der Waals surface area (Å²) in [5.74, 6) is -2.31. The average Bonchev–Trinajstić information content (AvgIpc) is 3.25.